The highest BCUT2D eigenvalue weighted by molar-refractivity contribution is 5.73. The van der Waals surface area contributed by atoms with E-state index >= 15 is 0 Å². The average molecular weight is 185 g/mol. The Kier molecular flexibility index (Phi) is 1.59. The number of hydrogen-bond acceptors (Lipinski definition) is 1. The fraction of sp³-hybridized carbons (Fsp3) is 0.385. The van der Waals surface area contributed by atoms with Gasteiger partial charge in [0.2, 0.25) is 0 Å². The summed E-state index contributed by atoms with van der Waals surface area (Å²) < 4.78 is 0. The molecule has 2 aliphatic rings. The summed E-state index contributed by atoms with van der Waals surface area (Å²) in [5.74, 6) is 0. The first-order chi connectivity index (χ1) is 6.77. The van der Waals surface area contributed by atoms with Gasteiger partial charge in [-0.05, 0) is 24.6 Å². The maximum Gasteiger partial charge on any atom is 0.0182 e. The van der Waals surface area contributed by atoms with Gasteiger partial charge in [-0.15, -0.1) is 0 Å². The summed E-state index contributed by atoms with van der Waals surface area (Å²) >= 11 is 0. The summed E-state index contributed by atoms with van der Waals surface area (Å²) in [5, 5.41) is 0. The summed E-state index contributed by atoms with van der Waals surface area (Å²) in [4.78, 5) is 2.39. The molecule has 14 heavy (non-hydrogen) atoms. The van der Waals surface area contributed by atoms with E-state index in [-0.39, 0.29) is 0 Å². The fourth-order valence-electron chi connectivity index (χ4n) is 2.79. The second-order valence-corrected chi connectivity index (χ2v) is 4.75. The number of rotatable bonds is 1. The quantitative estimate of drug-likeness (QED) is 0.649. The SMILES string of the molecule is CN1CC2(C=C(c3ccccc3)C2)C1. The van der Waals surface area contributed by atoms with Crippen molar-refractivity contribution in [2.45, 2.75) is 6.42 Å². The van der Waals surface area contributed by atoms with Crippen LogP contribution in [0, 0.1) is 5.41 Å². The van der Waals surface area contributed by atoms with Crippen LogP contribution < -0.4 is 0 Å². The first kappa shape index (κ1) is 8.25. The van der Waals surface area contributed by atoms with Gasteiger partial charge >= 0.3 is 0 Å². The van der Waals surface area contributed by atoms with Crippen molar-refractivity contribution in [1.29, 1.82) is 0 Å². The van der Waals surface area contributed by atoms with Crippen LogP contribution in [0.25, 0.3) is 5.57 Å². The molecule has 0 bridgehead atoms. The van der Waals surface area contributed by atoms with Crippen molar-refractivity contribution in [3.05, 3.63) is 42.0 Å². The molecule has 3 rings (SSSR count). The van der Waals surface area contributed by atoms with Gasteiger partial charge in [0.15, 0.2) is 0 Å². The zero-order chi connectivity index (χ0) is 9.60. The van der Waals surface area contributed by atoms with E-state index in [1.165, 1.54) is 25.1 Å². The minimum Gasteiger partial charge on any atom is -0.305 e. The van der Waals surface area contributed by atoms with E-state index in [9.17, 15) is 0 Å². The van der Waals surface area contributed by atoms with Crippen LogP contribution in [0.15, 0.2) is 36.4 Å². The highest BCUT2D eigenvalue weighted by Gasteiger charge is 2.45. The van der Waals surface area contributed by atoms with Crippen molar-refractivity contribution in [3.63, 3.8) is 0 Å². The predicted octanol–water partition coefficient (Wildman–Crippen LogP) is 2.41. The summed E-state index contributed by atoms with van der Waals surface area (Å²) in [6.07, 6.45) is 3.75. The third-order valence-corrected chi connectivity index (χ3v) is 3.34. The summed E-state index contributed by atoms with van der Waals surface area (Å²) in [6.45, 7) is 2.51. The van der Waals surface area contributed by atoms with Gasteiger partial charge in [-0.3, -0.25) is 0 Å². The van der Waals surface area contributed by atoms with E-state index in [0.29, 0.717) is 5.41 Å². The molecule has 1 fully saturated rings. The second kappa shape index (κ2) is 2.71. The first-order valence-electron chi connectivity index (χ1n) is 5.23. The lowest BCUT2D eigenvalue weighted by Crippen LogP contribution is -2.56. The van der Waals surface area contributed by atoms with Crippen LogP contribution in [-0.2, 0) is 0 Å². The lowest BCUT2D eigenvalue weighted by atomic mass is 9.64. The summed E-state index contributed by atoms with van der Waals surface area (Å²) in [6, 6.07) is 10.7. The zero-order valence-electron chi connectivity index (χ0n) is 8.53. The van der Waals surface area contributed by atoms with Crippen LogP contribution >= 0.6 is 0 Å². The molecular weight excluding hydrogens is 170 g/mol. The molecule has 1 aliphatic heterocycles. The maximum absolute atomic E-state index is 2.47. The van der Waals surface area contributed by atoms with E-state index in [2.05, 4.69) is 48.4 Å². The average Bonchev–Trinajstić information content (AvgIpc) is 2.10. The Bertz CT molecular complexity index is 371. The largest absolute Gasteiger partial charge is 0.305 e. The predicted molar refractivity (Wildman–Crippen MR) is 59.0 cm³/mol. The second-order valence-electron chi connectivity index (χ2n) is 4.75. The Hall–Kier alpha value is -1.08. The number of nitrogens with zero attached hydrogens (tertiary/aromatic N) is 1. The molecule has 1 aromatic carbocycles. The van der Waals surface area contributed by atoms with Crippen molar-refractivity contribution in [2.24, 2.45) is 5.41 Å². The third-order valence-electron chi connectivity index (χ3n) is 3.34. The maximum atomic E-state index is 2.47. The Morgan fingerprint density at radius 3 is 2.36 bits per heavy atom. The molecule has 1 aliphatic carbocycles. The van der Waals surface area contributed by atoms with Gasteiger partial charge in [0.05, 0.1) is 0 Å². The van der Waals surface area contributed by atoms with Crippen molar-refractivity contribution in [3.8, 4) is 0 Å². The molecule has 0 saturated carbocycles. The van der Waals surface area contributed by atoms with Gasteiger partial charge in [0, 0.05) is 18.5 Å². The minimum atomic E-state index is 0.555. The number of hydrogen-bond donors (Lipinski definition) is 0. The zero-order valence-corrected chi connectivity index (χ0v) is 8.53. The number of likely N-dealkylation sites (tertiary alicyclic amines) is 1. The van der Waals surface area contributed by atoms with Crippen molar-refractivity contribution < 1.29 is 0 Å². The molecule has 1 saturated heterocycles. The van der Waals surface area contributed by atoms with Gasteiger partial charge in [0.1, 0.15) is 0 Å². The van der Waals surface area contributed by atoms with E-state index in [1.54, 1.807) is 5.57 Å². The standard InChI is InChI=1S/C13H15N/c1-14-9-13(10-14)7-12(8-13)11-5-3-2-4-6-11/h2-7H,8-10H2,1H3. The van der Waals surface area contributed by atoms with Crippen molar-refractivity contribution in [1.82, 2.24) is 4.90 Å². The molecule has 1 spiro atoms. The van der Waals surface area contributed by atoms with Crippen LogP contribution in [0.3, 0.4) is 0 Å². The third kappa shape index (κ3) is 1.12. The van der Waals surface area contributed by atoms with Gasteiger partial charge in [-0.2, -0.15) is 0 Å². The molecule has 0 aromatic heterocycles. The molecule has 0 amide bonds. The van der Waals surface area contributed by atoms with E-state index < -0.39 is 0 Å². The van der Waals surface area contributed by atoms with Gasteiger partial charge < -0.3 is 4.90 Å². The fourth-order valence-corrected chi connectivity index (χ4v) is 2.79. The molecule has 72 valence electrons. The smallest absolute Gasteiger partial charge is 0.0182 e. The molecular formula is C13H15N. The molecule has 0 N–H and O–H groups in total. The van der Waals surface area contributed by atoms with Gasteiger partial charge in [-0.1, -0.05) is 36.4 Å². The van der Waals surface area contributed by atoms with E-state index in [0.717, 1.165) is 0 Å². The van der Waals surface area contributed by atoms with Crippen molar-refractivity contribution in [2.75, 3.05) is 20.1 Å². The lowest BCUT2D eigenvalue weighted by Gasteiger charge is -2.52. The number of allylic oxidation sites excluding steroid dienone is 1. The van der Waals surface area contributed by atoms with E-state index in [1.807, 2.05) is 0 Å². The van der Waals surface area contributed by atoms with Crippen LogP contribution in [0.2, 0.25) is 0 Å². The van der Waals surface area contributed by atoms with Crippen LogP contribution in [-0.4, -0.2) is 25.0 Å². The molecule has 0 radical (unpaired) electrons. The van der Waals surface area contributed by atoms with E-state index in [4.69, 9.17) is 0 Å². The Balaban J connectivity index is 1.80. The normalized spacial score (nSPS) is 23.9. The van der Waals surface area contributed by atoms with Gasteiger partial charge in [0.25, 0.3) is 0 Å². The van der Waals surface area contributed by atoms with Crippen molar-refractivity contribution >= 4 is 5.57 Å². The Morgan fingerprint density at radius 2 is 1.79 bits per heavy atom. The lowest BCUT2D eigenvalue weighted by molar-refractivity contribution is 0.0589. The summed E-state index contributed by atoms with van der Waals surface area (Å²) in [5.41, 5.74) is 3.51. The Morgan fingerprint density at radius 1 is 1.14 bits per heavy atom. The monoisotopic (exact) mass is 185 g/mol. The number of benzene rings is 1. The highest BCUT2D eigenvalue weighted by Crippen LogP contribution is 2.49. The van der Waals surface area contributed by atoms with Crippen LogP contribution in [0.1, 0.15) is 12.0 Å². The molecule has 1 aromatic rings. The molecule has 1 heteroatoms. The van der Waals surface area contributed by atoms with Crippen LogP contribution in [0.5, 0.6) is 0 Å². The summed E-state index contributed by atoms with van der Waals surface area (Å²) in [7, 11) is 2.19. The molecule has 0 atom stereocenters. The molecule has 1 nitrogen and oxygen atoms in total. The Labute approximate surface area is 85.0 Å². The highest BCUT2D eigenvalue weighted by atomic mass is 15.2. The topological polar surface area (TPSA) is 3.24 Å². The van der Waals surface area contributed by atoms with Gasteiger partial charge in [-0.25, -0.2) is 0 Å². The first-order valence-corrected chi connectivity index (χ1v) is 5.23. The van der Waals surface area contributed by atoms with Crippen LogP contribution in [0.4, 0.5) is 0 Å². The molecule has 1 heterocycles. The minimum absolute atomic E-state index is 0.555. The molecule has 0 unspecified atom stereocenters.